The van der Waals surface area contributed by atoms with Crippen molar-refractivity contribution in [3.05, 3.63) is 47.5 Å². The molecule has 1 aliphatic rings. The molecule has 0 heterocycles. The summed E-state index contributed by atoms with van der Waals surface area (Å²) in [6.45, 7) is 8.86. The van der Waals surface area contributed by atoms with Crippen LogP contribution in [0.3, 0.4) is 0 Å². The minimum Gasteiger partial charge on any atom is -0.0878 e. The van der Waals surface area contributed by atoms with Gasteiger partial charge in [0.2, 0.25) is 0 Å². The molecule has 0 fully saturated rings. The van der Waals surface area contributed by atoms with Crippen molar-refractivity contribution in [2.45, 2.75) is 32.9 Å². The van der Waals surface area contributed by atoms with Gasteiger partial charge in [-0.05, 0) is 22.3 Å². The highest BCUT2D eigenvalue weighted by Crippen LogP contribution is 2.47. The molecule has 0 N–H and O–H groups in total. The molecule has 2 aromatic carbocycles. The van der Waals surface area contributed by atoms with Gasteiger partial charge < -0.3 is 0 Å². The summed E-state index contributed by atoms with van der Waals surface area (Å²) < 4.78 is 0. The Balaban J connectivity index is 2.26. The zero-order chi connectivity index (χ0) is 13.6. The van der Waals surface area contributed by atoms with E-state index in [1.54, 1.807) is 0 Å². The number of hydrogen-bond donors (Lipinski definition) is 0. The van der Waals surface area contributed by atoms with Crippen molar-refractivity contribution in [3.63, 3.8) is 0 Å². The number of fused-ring (bicyclic) bond motifs is 3. The largest absolute Gasteiger partial charge is 0.148 e. The van der Waals surface area contributed by atoms with E-state index in [0.717, 1.165) is 0 Å². The second-order valence-electron chi connectivity index (χ2n) is 5.81. The molecule has 0 amide bonds. The van der Waals surface area contributed by atoms with Crippen molar-refractivity contribution in [2.24, 2.45) is 0 Å². The standard InChI is InChI=1S/C17H18B2/c1-17(2)15-9-11(18-3)5-7-13(15)14-8-6-12(19-4)10-16(14)17/h5-10H,1-4H3. The van der Waals surface area contributed by atoms with Crippen LogP contribution in [0, 0.1) is 0 Å². The van der Waals surface area contributed by atoms with Gasteiger partial charge in [0, 0.05) is 5.41 Å². The predicted molar refractivity (Wildman–Crippen MR) is 86.5 cm³/mol. The lowest BCUT2D eigenvalue weighted by atomic mass is 9.70. The maximum atomic E-state index is 2.34. The van der Waals surface area contributed by atoms with Gasteiger partial charge >= 0.3 is 0 Å². The Morgan fingerprint density at radius 3 is 1.53 bits per heavy atom. The van der Waals surface area contributed by atoms with Crippen LogP contribution in [-0.2, 0) is 5.41 Å². The van der Waals surface area contributed by atoms with Crippen molar-refractivity contribution in [1.82, 2.24) is 0 Å². The third kappa shape index (κ3) is 1.77. The molecule has 3 rings (SSSR count). The van der Waals surface area contributed by atoms with Crippen LogP contribution in [0.5, 0.6) is 0 Å². The molecule has 2 aromatic rings. The second-order valence-corrected chi connectivity index (χ2v) is 5.81. The zero-order valence-electron chi connectivity index (χ0n) is 12.1. The van der Waals surface area contributed by atoms with Crippen LogP contribution >= 0.6 is 0 Å². The van der Waals surface area contributed by atoms with Crippen molar-refractivity contribution >= 4 is 25.5 Å². The zero-order valence-corrected chi connectivity index (χ0v) is 12.1. The van der Waals surface area contributed by atoms with Crippen LogP contribution in [-0.4, -0.2) is 14.6 Å². The lowest BCUT2D eigenvalue weighted by Gasteiger charge is -2.22. The predicted octanol–water partition coefficient (Wildman–Crippen LogP) is 2.75. The molecule has 2 heteroatoms. The summed E-state index contributed by atoms with van der Waals surface area (Å²) in [6, 6.07) is 13.6. The summed E-state index contributed by atoms with van der Waals surface area (Å²) in [7, 11) is 4.34. The van der Waals surface area contributed by atoms with E-state index < -0.39 is 0 Å². The molecule has 0 nitrogen and oxygen atoms in total. The third-order valence-corrected chi connectivity index (χ3v) is 4.39. The van der Waals surface area contributed by atoms with Gasteiger partial charge in [-0.25, -0.2) is 0 Å². The lowest BCUT2D eigenvalue weighted by Crippen LogP contribution is -2.21. The fraction of sp³-hybridized carbons (Fsp3) is 0.294. The van der Waals surface area contributed by atoms with E-state index in [1.807, 2.05) is 0 Å². The van der Waals surface area contributed by atoms with Gasteiger partial charge in [0.1, 0.15) is 14.6 Å². The molecule has 0 aromatic heterocycles. The topological polar surface area (TPSA) is 0 Å². The van der Waals surface area contributed by atoms with Crippen molar-refractivity contribution in [3.8, 4) is 11.1 Å². The molecule has 92 valence electrons. The van der Waals surface area contributed by atoms with Crippen LogP contribution in [0.15, 0.2) is 36.4 Å². The van der Waals surface area contributed by atoms with Gasteiger partial charge in [0.15, 0.2) is 0 Å². The smallest absolute Gasteiger partial charge is 0.0878 e. The molecule has 0 atom stereocenters. The van der Waals surface area contributed by atoms with E-state index >= 15 is 0 Å². The first kappa shape index (κ1) is 12.6. The molecule has 19 heavy (non-hydrogen) atoms. The van der Waals surface area contributed by atoms with E-state index in [-0.39, 0.29) is 5.41 Å². The summed E-state index contributed by atoms with van der Waals surface area (Å²) in [4.78, 5) is 0. The summed E-state index contributed by atoms with van der Waals surface area (Å²) >= 11 is 0. The van der Waals surface area contributed by atoms with Gasteiger partial charge in [-0.3, -0.25) is 0 Å². The van der Waals surface area contributed by atoms with E-state index in [9.17, 15) is 0 Å². The van der Waals surface area contributed by atoms with Crippen LogP contribution in [0.2, 0.25) is 13.6 Å². The molecule has 1 aliphatic carbocycles. The summed E-state index contributed by atoms with van der Waals surface area (Å²) in [5.41, 5.74) is 8.41. The lowest BCUT2D eigenvalue weighted by molar-refractivity contribution is 0.661. The van der Waals surface area contributed by atoms with E-state index in [4.69, 9.17) is 0 Å². The minimum atomic E-state index is 0.0999. The Morgan fingerprint density at radius 1 is 0.737 bits per heavy atom. The first-order valence-electron chi connectivity index (χ1n) is 6.96. The van der Waals surface area contributed by atoms with E-state index in [1.165, 1.54) is 33.2 Å². The molecule has 0 unspecified atom stereocenters. The Bertz CT molecular complexity index is 586. The summed E-state index contributed by atoms with van der Waals surface area (Å²) in [5.74, 6) is 0. The van der Waals surface area contributed by atoms with Crippen LogP contribution in [0.4, 0.5) is 0 Å². The van der Waals surface area contributed by atoms with Crippen molar-refractivity contribution in [2.75, 3.05) is 0 Å². The van der Waals surface area contributed by atoms with Gasteiger partial charge in [-0.15, -0.1) is 0 Å². The van der Waals surface area contributed by atoms with Gasteiger partial charge in [0.05, 0.1) is 0 Å². The Kier molecular flexibility index (Phi) is 2.85. The van der Waals surface area contributed by atoms with Crippen LogP contribution in [0.1, 0.15) is 25.0 Å². The average Bonchev–Trinajstić information content (AvgIpc) is 2.67. The molecule has 2 radical (unpaired) electrons. The number of hydrogen-bond acceptors (Lipinski definition) is 0. The maximum absolute atomic E-state index is 2.34. The molecule has 0 saturated heterocycles. The van der Waals surface area contributed by atoms with E-state index in [0.29, 0.717) is 0 Å². The molecule has 0 spiro atoms. The number of rotatable bonds is 2. The minimum absolute atomic E-state index is 0.0999. The monoisotopic (exact) mass is 244 g/mol. The van der Waals surface area contributed by atoms with Gasteiger partial charge in [0.25, 0.3) is 0 Å². The quantitative estimate of drug-likeness (QED) is 0.712. The molecular weight excluding hydrogens is 226 g/mol. The number of benzene rings is 2. The van der Waals surface area contributed by atoms with Crippen LogP contribution in [0.25, 0.3) is 11.1 Å². The van der Waals surface area contributed by atoms with Gasteiger partial charge in [-0.1, -0.05) is 74.8 Å². The molecule has 0 aliphatic heterocycles. The van der Waals surface area contributed by atoms with Crippen LogP contribution < -0.4 is 10.9 Å². The SMILES string of the molecule is C[B]c1ccc2c(c1)C(C)(C)c1cc([B]C)ccc1-2. The molecule has 0 bridgehead atoms. The average molecular weight is 244 g/mol. The highest BCUT2D eigenvalue weighted by molar-refractivity contribution is 6.52. The third-order valence-electron chi connectivity index (χ3n) is 4.39. The Morgan fingerprint density at radius 2 is 1.16 bits per heavy atom. The van der Waals surface area contributed by atoms with Crippen molar-refractivity contribution < 1.29 is 0 Å². The first-order chi connectivity index (χ1) is 9.07. The fourth-order valence-corrected chi connectivity index (χ4v) is 3.13. The highest BCUT2D eigenvalue weighted by Gasteiger charge is 2.35. The highest BCUT2D eigenvalue weighted by atomic mass is 14.4. The molecule has 0 saturated carbocycles. The Labute approximate surface area is 117 Å². The summed E-state index contributed by atoms with van der Waals surface area (Å²) in [6.07, 6.45) is 0. The maximum Gasteiger partial charge on any atom is 0.148 e. The summed E-state index contributed by atoms with van der Waals surface area (Å²) in [5, 5.41) is 0. The van der Waals surface area contributed by atoms with E-state index in [2.05, 4.69) is 78.5 Å². The second kappa shape index (κ2) is 4.30. The normalized spacial score (nSPS) is 14.7. The fourth-order valence-electron chi connectivity index (χ4n) is 3.13. The molecular formula is C17H18B2. The first-order valence-corrected chi connectivity index (χ1v) is 6.96. The van der Waals surface area contributed by atoms with Gasteiger partial charge in [-0.2, -0.15) is 0 Å². The van der Waals surface area contributed by atoms with Crippen molar-refractivity contribution in [1.29, 1.82) is 0 Å². The Hall–Kier alpha value is -1.43.